The first-order chi connectivity index (χ1) is 10.1. The number of amides is 1. The largest absolute Gasteiger partial charge is 0.388 e. The lowest BCUT2D eigenvalue weighted by atomic mass is 9.85. The topological polar surface area (TPSA) is 74.2 Å². The van der Waals surface area contributed by atoms with E-state index in [1.807, 2.05) is 0 Å². The Morgan fingerprint density at radius 2 is 2.14 bits per heavy atom. The van der Waals surface area contributed by atoms with E-state index in [0.29, 0.717) is 17.9 Å². The van der Waals surface area contributed by atoms with Crippen LogP contribution >= 0.6 is 0 Å². The van der Waals surface area contributed by atoms with Gasteiger partial charge in [-0.2, -0.15) is 0 Å². The minimum absolute atomic E-state index is 0.200. The molecule has 1 heterocycles. The maximum absolute atomic E-state index is 11.7. The molecule has 112 valence electrons. The standard InChI is InChI=1S/C16H21N3O2/c1-2-10-17-15(20)13-6-7-14(18-11-13)19-12-16(21)8-4-3-5-9-16/h1,6-7,11,21H,3-5,8-10,12H2,(H,17,20)(H,18,19). The lowest BCUT2D eigenvalue weighted by Gasteiger charge is -2.32. The van der Waals surface area contributed by atoms with E-state index in [4.69, 9.17) is 6.42 Å². The number of aliphatic hydroxyl groups is 1. The van der Waals surface area contributed by atoms with Gasteiger partial charge in [0.1, 0.15) is 5.82 Å². The van der Waals surface area contributed by atoms with Gasteiger partial charge in [-0.25, -0.2) is 4.98 Å². The van der Waals surface area contributed by atoms with Crippen LogP contribution in [0.1, 0.15) is 42.5 Å². The number of hydrogen-bond donors (Lipinski definition) is 3. The number of pyridine rings is 1. The molecule has 2 rings (SSSR count). The molecule has 1 aliphatic rings. The number of nitrogens with zero attached hydrogens (tertiary/aromatic N) is 1. The summed E-state index contributed by atoms with van der Waals surface area (Å²) < 4.78 is 0. The Morgan fingerprint density at radius 3 is 2.76 bits per heavy atom. The van der Waals surface area contributed by atoms with Gasteiger partial charge < -0.3 is 15.7 Å². The highest BCUT2D eigenvalue weighted by atomic mass is 16.3. The molecule has 0 saturated heterocycles. The average molecular weight is 287 g/mol. The molecule has 21 heavy (non-hydrogen) atoms. The van der Waals surface area contributed by atoms with Gasteiger partial charge in [0.2, 0.25) is 0 Å². The highest BCUT2D eigenvalue weighted by molar-refractivity contribution is 5.94. The molecule has 3 N–H and O–H groups in total. The summed E-state index contributed by atoms with van der Waals surface area (Å²) in [4.78, 5) is 15.9. The minimum Gasteiger partial charge on any atom is -0.388 e. The number of terminal acetylenes is 1. The maximum Gasteiger partial charge on any atom is 0.253 e. The summed E-state index contributed by atoms with van der Waals surface area (Å²) >= 11 is 0. The quantitative estimate of drug-likeness (QED) is 0.718. The molecule has 0 bridgehead atoms. The van der Waals surface area contributed by atoms with Gasteiger partial charge >= 0.3 is 0 Å². The first-order valence-corrected chi connectivity index (χ1v) is 7.27. The molecule has 5 heteroatoms. The van der Waals surface area contributed by atoms with Crippen molar-refractivity contribution in [3.05, 3.63) is 23.9 Å². The van der Waals surface area contributed by atoms with Crippen molar-refractivity contribution in [2.24, 2.45) is 0 Å². The second kappa shape index (κ2) is 7.09. The first kappa shape index (κ1) is 15.3. The summed E-state index contributed by atoms with van der Waals surface area (Å²) in [5.74, 6) is 2.77. The summed E-state index contributed by atoms with van der Waals surface area (Å²) in [6, 6.07) is 3.42. The molecule has 1 fully saturated rings. The van der Waals surface area contributed by atoms with Crippen molar-refractivity contribution in [1.82, 2.24) is 10.3 Å². The number of rotatable bonds is 5. The van der Waals surface area contributed by atoms with Gasteiger partial charge in [0.25, 0.3) is 5.91 Å². The van der Waals surface area contributed by atoms with E-state index >= 15 is 0 Å². The van der Waals surface area contributed by atoms with Crippen molar-refractivity contribution in [2.45, 2.75) is 37.7 Å². The van der Waals surface area contributed by atoms with E-state index in [2.05, 4.69) is 21.5 Å². The highest BCUT2D eigenvalue weighted by Crippen LogP contribution is 2.28. The van der Waals surface area contributed by atoms with Crippen molar-refractivity contribution >= 4 is 11.7 Å². The Bertz CT molecular complexity index is 513. The molecule has 5 nitrogen and oxygen atoms in total. The molecule has 0 unspecified atom stereocenters. The van der Waals surface area contributed by atoms with Crippen molar-refractivity contribution in [3.8, 4) is 12.3 Å². The van der Waals surface area contributed by atoms with E-state index in [1.54, 1.807) is 12.1 Å². The molecule has 1 saturated carbocycles. The summed E-state index contributed by atoms with van der Waals surface area (Å²) in [6.07, 6.45) is 11.6. The summed E-state index contributed by atoms with van der Waals surface area (Å²) in [5, 5.41) is 16.1. The van der Waals surface area contributed by atoms with Crippen LogP contribution in [0.25, 0.3) is 0 Å². The maximum atomic E-state index is 11.7. The first-order valence-electron chi connectivity index (χ1n) is 7.27. The molecule has 1 amide bonds. The number of carbonyl (C=O) groups is 1. The third kappa shape index (κ3) is 4.47. The van der Waals surface area contributed by atoms with Gasteiger partial charge in [-0.3, -0.25) is 4.79 Å². The highest BCUT2D eigenvalue weighted by Gasteiger charge is 2.28. The van der Waals surface area contributed by atoms with Gasteiger partial charge in [-0.05, 0) is 25.0 Å². The van der Waals surface area contributed by atoms with Crippen molar-refractivity contribution in [1.29, 1.82) is 0 Å². The van der Waals surface area contributed by atoms with Gasteiger partial charge in [-0.1, -0.05) is 25.2 Å². The SMILES string of the molecule is C#CCNC(=O)c1ccc(NCC2(O)CCCCC2)nc1. The van der Waals surface area contributed by atoms with E-state index in [9.17, 15) is 9.90 Å². The normalized spacial score (nSPS) is 16.8. The van der Waals surface area contributed by atoms with E-state index in [1.165, 1.54) is 12.6 Å². The zero-order chi connectivity index (χ0) is 15.1. The Kier molecular flexibility index (Phi) is 5.18. The summed E-state index contributed by atoms with van der Waals surface area (Å²) in [5.41, 5.74) is -0.171. The number of carbonyl (C=O) groups excluding carboxylic acids is 1. The third-order valence-electron chi connectivity index (χ3n) is 3.76. The van der Waals surface area contributed by atoms with E-state index < -0.39 is 5.60 Å². The van der Waals surface area contributed by atoms with Crippen LogP contribution in [-0.2, 0) is 0 Å². The van der Waals surface area contributed by atoms with Crippen LogP contribution in [0, 0.1) is 12.3 Å². The zero-order valence-electron chi connectivity index (χ0n) is 12.1. The van der Waals surface area contributed by atoms with Crippen LogP contribution in [0.5, 0.6) is 0 Å². The van der Waals surface area contributed by atoms with Crippen LogP contribution in [0.3, 0.4) is 0 Å². The molecular formula is C16H21N3O2. The van der Waals surface area contributed by atoms with Crippen molar-refractivity contribution < 1.29 is 9.90 Å². The van der Waals surface area contributed by atoms with E-state index in [0.717, 1.165) is 25.7 Å². The molecule has 0 atom stereocenters. The molecule has 0 aromatic carbocycles. The smallest absolute Gasteiger partial charge is 0.253 e. The van der Waals surface area contributed by atoms with Crippen LogP contribution in [0.2, 0.25) is 0 Å². The molecular weight excluding hydrogens is 266 g/mol. The average Bonchev–Trinajstić information content (AvgIpc) is 2.52. The lowest BCUT2D eigenvalue weighted by molar-refractivity contribution is 0.0166. The molecule has 1 aromatic heterocycles. The Labute approximate surface area is 125 Å². The minimum atomic E-state index is -0.636. The number of nitrogens with one attached hydrogen (secondary N) is 2. The van der Waals surface area contributed by atoms with Gasteiger partial charge in [0.15, 0.2) is 0 Å². The number of hydrogen-bond acceptors (Lipinski definition) is 4. The van der Waals surface area contributed by atoms with Crippen molar-refractivity contribution in [2.75, 3.05) is 18.4 Å². The second-order valence-electron chi connectivity index (χ2n) is 5.46. The Morgan fingerprint density at radius 1 is 1.38 bits per heavy atom. The molecule has 0 radical (unpaired) electrons. The van der Waals surface area contributed by atoms with Crippen LogP contribution in [0.15, 0.2) is 18.3 Å². The third-order valence-corrected chi connectivity index (χ3v) is 3.76. The van der Waals surface area contributed by atoms with E-state index in [-0.39, 0.29) is 12.5 Å². The Balaban J connectivity index is 1.87. The molecule has 1 aliphatic carbocycles. The summed E-state index contributed by atoms with van der Waals surface area (Å²) in [6.45, 7) is 0.689. The lowest BCUT2D eigenvalue weighted by Crippen LogP contribution is -2.38. The van der Waals surface area contributed by atoms with Gasteiger partial charge in [0, 0.05) is 12.7 Å². The molecule has 1 aromatic rings. The number of aromatic nitrogens is 1. The van der Waals surface area contributed by atoms with Crippen LogP contribution < -0.4 is 10.6 Å². The predicted molar refractivity (Wildman–Crippen MR) is 81.9 cm³/mol. The zero-order valence-corrected chi connectivity index (χ0v) is 12.1. The fourth-order valence-electron chi connectivity index (χ4n) is 2.51. The predicted octanol–water partition coefficient (Wildman–Crippen LogP) is 1.55. The second-order valence-corrected chi connectivity index (χ2v) is 5.46. The van der Waals surface area contributed by atoms with Gasteiger partial charge in [-0.15, -0.1) is 6.42 Å². The number of anilines is 1. The fourth-order valence-corrected chi connectivity index (χ4v) is 2.51. The van der Waals surface area contributed by atoms with Crippen LogP contribution in [0.4, 0.5) is 5.82 Å². The van der Waals surface area contributed by atoms with Crippen LogP contribution in [-0.4, -0.2) is 34.7 Å². The fraction of sp³-hybridized carbons (Fsp3) is 0.500. The summed E-state index contributed by atoms with van der Waals surface area (Å²) in [7, 11) is 0. The van der Waals surface area contributed by atoms with Gasteiger partial charge in [0.05, 0.1) is 17.7 Å². The Hall–Kier alpha value is -2.06. The monoisotopic (exact) mass is 287 g/mol. The van der Waals surface area contributed by atoms with Crippen molar-refractivity contribution in [3.63, 3.8) is 0 Å². The molecule has 0 aliphatic heterocycles. The molecule has 0 spiro atoms.